The van der Waals surface area contributed by atoms with Crippen LogP contribution in [0.3, 0.4) is 0 Å². The van der Waals surface area contributed by atoms with Crippen LogP contribution in [0.4, 0.5) is 11.5 Å². The molecule has 4 heteroatoms. The largest absolute Gasteiger partial charge is 0.356 e. The van der Waals surface area contributed by atoms with Gasteiger partial charge in [-0.25, -0.2) is 4.98 Å². The van der Waals surface area contributed by atoms with Crippen LogP contribution in [0.25, 0.3) is 0 Å². The van der Waals surface area contributed by atoms with Gasteiger partial charge in [0.15, 0.2) is 0 Å². The third-order valence-electron chi connectivity index (χ3n) is 2.85. The molecule has 0 aromatic carbocycles. The molecule has 4 nitrogen and oxygen atoms in total. The first kappa shape index (κ1) is 9.96. The zero-order valence-electron chi connectivity index (χ0n) is 8.95. The van der Waals surface area contributed by atoms with Crippen molar-refractivity contribution in [3.05, 3.63) is 18.3 Å². The molecule has 0 radical (unpaired) electrons. The van der Waals surface area contributed by atoms with Crippen molar-refractivity contribution in [2.45, 2.75) is 26.3 Å². The van der Waals surface area contributed by atoms with Gasteiger partial charge in [-0.05, 0) is 18.1 Å². The number of amides is 1. The molecule has 1 aromatic rings. The molecule has 0 bridgehead atoms. The predicted octanol–water partition coefficient (Wildman–Crippen LogP) is 1.86. The standard InChI is InChI=1S/C11H15N3O/c1-3-7(2)9-11(15)13-8-5-4-6-12-10(8)14-9/h4-7,9H,3H2,1-2H3,(H,12,14)(H,13,15)/t7-,9-/m0/s1. The lowest BCUT2D eigenvalue weighted by atomic mass is 9.97. The average Bonchev–Trinajstić information content (AvgIpc) is 2.27. The minimum absolute atomic E-state index is 0.0323. The number of hydrogen-bond donors (Lipinski definition) is 2. The van der Waals surface area contributed by atoms with Crippen LogP contribution in [0.5, 0.6) is 0 Å². The number of anilines is 2. The summed E-state index contributed by atoms with van der Waals surface area (Å²) in [4.78, 5) is 16.0. The van der Waals surface area contributed by atoms with E-state index in [1.54, 1.807) is 6.20 Å². The average molecular weight is 205 g/mol. The van der Waals surface area contributed by atoms with Crippen LogP contribution >= 0.6 is 0 Å². The van der Waals surface area contributed by atoms with Crippen LogP contribution in [-0.4, -0.2) is 16.9 Å². The SMILES string of the molecule is CC[C@H](C)[C@@H]1Nc2ncccc2NC1=O. The van der Waals surface area contributed by atoms with Gasteiger partial charge in [0.05, 0.1) is 5.69 Å². The molecular weight excluding hydrogens is 190 g/mol. The maximum Gasteiger partial charge on any atom is 0.247 e. The molecule has 0 fully saturated rings. The maximum absolute atomic E-state index is 11.8. The Labute approximate surface area is 89.1 Å². The highest BCUT2D eigenvalue weighted by Crippen LogP contribution is 2.26. The summed E-state index contributed by atoms with van der Waals surface area (Å²) in [6.45, 7) is 4.14. The first-order chi connectivity index (χ1) is 7.22. The molecule has 0 aliphatic carbocycles. The van der Waals surface area contributed by atoms with Gasteiger partial charge >= 0.3 is 0 Å². The second-order valence-corrected chi connectivity index (χ2v) is 3.90. The molecular formula is C11H15N3O. The molecule has 0 saturated heterocycles. The van der Waals surface area contributed by atoms with Gasteiger partial charge in [0.2, 0.25) is 5.91 Å². The van der Waals surface area contributed by atoms with Crippen molar-refractivity contribution in [1.29, 1.82) is 0 Å². The van der Waals surface area contributed by atoms with Crippen molar-refractivity contribution < 1.29 is 4.79 Å². The maximum atomic E-state index is 11.8. The molecule has 0 spiro atoms. The van der Waals surface area contributed by atoms with E-state index in [0.29, 0.717) is 5.92 Å². The van der Waals surface area contributed by atoms with Gasteiger partial charge < -0.3 is 10.6 Å². The molecule has 1 aromatic heterocycles. The smallest absolute Gasteiger partial charge is 0.247 e. The van der Waals surface area contributed by atoms with E-state index in [-0.39, 0.29) is 11.9 Å². The number of fused-ring (bicyclic) bond motifs is 1. The lowest BCUT2D eigenvalue weighted by Gasteiger charge is -2.29. The fourth-order valence-corrected chi connectivity index (χ4v) is 1.68. The number of nitrogens with one attached hydrogen (secondary N) is 2. The highest BCUT2D eigenvalue weighted by molar-refractivity contribution is 6.02. The topological polar surface area (TPSA) is 54.0 Å². The van der Waals surface area contributed by atoms with E-state index in [1.165, 1.54) is 0 Å². The summed E-state index contributed by atoms with van der Waals surface area (Å²) in [7, 11) is 0. The first-order valence-electron chi connectivity index (χ1n) is 5.24. The lowest BCUT2D eigenvalue weighted by Crippen LogP contribution is -2.43. The summed E-state index contributed by atoms with van der Waals surface area (Å²) in [6.07, 6.45) is 2.68. The fourth-order valence-electron chi connectivity index (χ4n) is 1.68. The van der Waals surface area contributed by atoms with E-state index >= 15 is 0 Å². The van der Waals surface area contributed by atoms with Crippen molar-refractivity contribution in [3.63, 3.8) is 0 Å². The zero-order valence-corrected chi connectivity index (χ0v) is 8.95. The van der Waals surface area contributed by atoms with Gasteiger partial charge in [-0.15, -0.1) is 0 Å². The Morgan fingerprint density at radius 2 is 2.40 bits per heavy atom. The van der Waals surface area contributed by atoms with Crippen molar-refractivity contribution in [2.75, 3.05) is 10.6 Å². The van der Waals surface area contributed by atoms with Crippen LogP contribution in [0.2, 0.25) is 0 Å². The van der Waals surface area contributed by atoms with E-state index in [9.17, 15) is 4.79 Å². The molecule has 1 aliphatic rings. The van der Waals surface area contributed by atoms with Gasteiger partial charge in [-0.1, -0.05) is 20.3 Å². The summed E-state index contributed by atoms with van der Waals surface area (Å²) in [5.74, 6) is 1.10. The second kappa shape index (κ2) is 3.88. The molecule has 2 rings (SSSR count). The van der Waals surface area contributed by atoms with Crippen molar-refractivity contribution in [3.8, 4) is 0 Å². The quantitative estimate of drug-likeness (QED) is 0.774. The van der Waals surface area contributed by atoms with Crippen molar-refractivity contribution >= 4 is 17.4 Å². The van der Waals surface area contributed by atoms with E-state index < -0.39 is 0 Å². The summed E-state index contributed by atoms with van der Waals surface area (Å²) in [6, 6.07) is 3.49. The minimum atomic E-state index is -0.169. The Balaban J connectivity index is 2.26. The molecule has 1 amide bonds. The lowest BCUT2D eigenvalue weighted by molar-refractivity contribution is -0.118. The van der Waals surface area contributed by atoms with E-state index in [0.717, 1.165) is 17.9 Å². The van der Waals surface area contributed by atoms with Crippen molar-refractivity contribution in [1.82, 2.24) is 4.98 Å². The number of carbonyl (C=O) groups excluding carboxylic acids is 1. The van der Waals surface area contributed by atoms with E-state index in [4.69, 9.17) is 0 Å². The monoisotopic (exact) mass is 205 g/mol. The summed E-state index contributed by atoms with van der Waals surface area (Å²) >= 11 is 0. The summed E-state index contributed by atoms with van der Waals surface area (Å²) in [5, 5.41) is 6.04. The molecule has 2 N–H and O–H groups in total. The molecule has 2 heterocycles. The Morgan fingerprint density at radius 3 is 3.13 bits per heavy atom. The summed E-state index contributed by atoms with van der Waals surface area (Å²) < 4.78 is 0. The third kappa shape index (κ3) is 1.79. The Hall–Kier alpha value is -1.58. The first-order valence-corrected chi connectivity index (χ1v) is 5.24. The van der Waals surface area contributed by atoms with Gasteiger partial charge in [0, 0.05) is 6.20 Å². The zero-order chi connectivity index (χ0) is 10.8. The van der Waals surface area contributed by atoms with Gasteiger partial charge in [-0.3, -0.25) is 4.79 Å². The van der Waals surface area contributed by atoms with Crippen LogP contribution in [0, 0.1) is 5.92 Å². The van der Waals surface area contributed by atoms with Crippen LogP contribution in [0.1, 0.15) is 20.3 Å². The number of aromatic nitrogens is 1. The van der Waals surface area contributed by atoms with E-state index in [1.807, 2.05) is 12.1 Å². The Morgan fingerprint density at radius 1 is 1.60 bits per heavy atom. The van der Waals surface area contributed by atoms with Crippen LogP contribution < -0.4 is 10.6 Å². The number of carbonyl (C=O) groups is 1. The predicted molar refractivity (Wildman–Crippen MR) is 59.7 cm³/mol. The molecule has 0 saturated carbocycles. The number of pyridine rings is 1. The minimum Gasteiger partial charge on any atom is -0.356 e. The van der Waals surface area contributed by atoms with Gasteiger partial charge in [0.25, 0.3) is 0 Å². The molecule has 15 heavy (non-hydrogen) atoms. The van der Waals surface area contributed by atoms with Gasteiger partial charge in [0.1, 0.15) is 11.9 Å². The van der Waals surface area contributed by atoms with Crippen molar-refractivity contribution in [2.24, 2.45) is 5.92 Å². The molecule has 0 unspecified atom stereocenters. The normalized spacial score (nSPS) is 21.2. The molecule has 80 valence electrons. The molecule has 2 atom stereocenters. The van der Waals surface area contributed by atoms with E-state index in [2.05, 4.69) is 29.5 Å². The Kier molecular flexibility index (Phi) is 2.58. The second-order valence-electron chi connectivity index (χ2n) is 3.90. The third-order valence-corrected chi connectivity index (χ3v) is 2.85. The van der Waals surface area contributed by atoms with Crippen LogP contribution in [-0.2, 0) is 4.79 Å². The Bertz CT molecular complexity index is 378. The highest BCUT2D eigenvalue weighted by Gasteiger charge is 2.29. The van der Waals surface area contributed by atoms with Gasteiger partial charge in [-0.2, -0.15) is 0 Å². The molecule has 1 aliphatic heterocycles. The number of nitrogens with zero attached hydrogens (tertiary/aromatic N) is 1. The highest BCUT2D eigenvalue weighted by atomic mass is 16.2. The summed E-state index contributed by atoms with van der Waals surface area (Å²) in [5.41, 5.74) is 0.766. The van der Waals surface area contributed by atoms with Crippen LogP contribution in [0.15, 0.2) is 18.3 Å². The number of rotatable bonds is 2. The fraction of sp³-hybridized carbons (Fsp3) is 0.455. The number of hydrogen-bond acceptors (Lipinski definition) is 3.